The van der Waals surface area contributed by atoms with Crippen molar-refractivity contribution < 1.29 is 8.98 Å². The van der Waals surface area contributed by atoms with Crippen molar-refractivity contribution in [2.75, 3.05) is 4.90 Å². The molecule has 1 aliphatic heterocycles. The van der Waals surface area contributed by atoms with Crippen molar-refractivity contribution in [1.29, 1.82) is 0 Å². The molecule has 0 spiro atoms. The van der Waals surface area contributed by atoms with Gasteiger partial charge in [-0.2, -0.15) is 0 Å². The van der Waals surface area contributed by atoms with Crippen LogP contribution in [-0.2, 0) is 4.57 Å². The molecule has 0 aliphatic carbocycles. The number of hydrogen-bond acceptors (Lipinski definition) is 3. The summed E-state index contributed by atoms with van der Waals surface area (Å²) in [6, 6.07) is 65.0. The number of para-hydroxylation sites is 3. The zero-order valence-electron chi connectivity index (χ0n) is 28.6. The fourth-order valence-electron chi connectivity index (χ4n) is 8.48. The quantitative estimate of drug-likeness (QED) is 0.168. The average molecular weight is 699 g/mol. The lowest BCUT2D eigenvalue weighted by Gasteiger charge is -2.26. The van der Waals surface area contributed by atoms with Crippen LogP contribution in [-0.4, -0.2) is 4.57 Å². The Morgan fingerprint density at radius 2 is 1.09 bits per heavy atom. The number of furan rings is 1. The SMILES string of the molecule is O=P1(c2ccccc2)c2ccccc2-c2ccc3c4ccccc4n(-c4ccc(N(c5ccccc5)c5ccc6c(c5)oc5ccccc56)cc4)c3c21. The highest BCUT2D eigenvalue weighted by Crippen LogP contribution is 2.55. The van der Waals surface area contributed by atoms with Gasteiger partial charge in [0.05, 0.1) is 16.3 Å². The van der Waals surface area contributed by atoms with Crippen LogP contribution in [0.2, 0.25) is 0 Å². The Balaban J connectivity index is 1.13. The summed E-state index contributed by atoms with van der Waals surface area (Å²) in [5.41, 5.74) is 9.97. The molecule has 0 N–H and O–H groups in total. The predicted molar refractivity (Wildman–Crippen MR) is 221 cm³/mol. The van der Waals surface area contributed by atoms with Crippen LogP contribution in [0.4, 0.5) is 17.1 Å². The molecule has 10 aromatic rings. The van der Waals surface area contributed by atoms with Crippen molar-refractivity contribution in [3.8, 4) is 16.8 Å². The van der Waals surface area contributed by atoms with Gasteiger partial charge in [-0.05, 0) is 71.8 Å². The van der Waals surface area contributed by atoms with Gasteiger partial charge in [-0.3, -0.25) is 0 Å². The van der Waals surface area contributed by atoms with Gasteiger partial charge in [0.25, 0.3) is 0 Å². The molecular weight excluding hydrogens is 668 g/mol. The lowest BCUT2D eigenvalue weighted by Crippen LogP contribution is -2.22. The number of benzene rings is 8. The van der Waals surface area contributed by atoms with Crippen molar-refractivity contribution >= 4 is 83.9 Å². The van der Waals surface area contributed by atoms with Crippen molar-refractivity contribution in [2.45, 2.75) is 0 Å². The van der Waals surface area contributed by atoms with E-state index < -0.39 is 7.14 Å². The first-order valence-corrected chi connectivity index (χ1v) is 19.6. The van der Waals surface area contributed by atoms with Crippen LogP contribution in [0, 0.1) is 0 Å². The van der Waals surface area contributed by atoms with Crippen LogP contribution < -0.4 is 20.8 Å². The van der Waals surface area contributed by atoms with Crippen LogP contribution >= 0.6 is 7.14 Å². The molecule has 250 valence electrons. The molecule has 1 unspecified atom stereocenters. The van der Waals surface area contributed by atoms with Crippen molar-refractivity contribution in [1.82, 2.24) is 4.57 Å². The number of anilines is 3. The van der Waals surface area contributed by atoms with E-state index in [4.69, 9.17) is 4.42 Å². The second kappa shape index (κ2) is 11.4. The zero-order chi connectivity index (χ0) is 35.1. The third kappa shape index (κ3) is 4.34. The summed E-state index contributed by atoms with van der Waals surface area (Å²) >= 11 is 0. The van der Waals surface area contributed by atoms with Gasteiger partial charge in [0.15, 0.2) is 7.14 Å². The lowest BCUT2D eigenvalue weighted by molar-refractivity contribution is 0.593. The summed E-state index contributed by atoms with van der Waals surface area (Å²) in [6.45, 7) is 0. The van der Waals surface area contributed by atoms with Crippen LogP contribution in [0.15, 0.2) is 192 Å². The highest BCUT2D eigenvalue weighted by atomic mass is 31.2. The first kappa shape index (κ1) is 30.1. The highest BCUT2D eigenvalue weighted by molar-refractivity contribution is 7.86. The van der Waals surface area contributed by atoms with Gasteiger partial charge in [-0.15, -0.1) is 0 Å². The molecule has 0 saturated carbocycles. The minimum atomic E-state index is -3.23. The van der Waals surface area contributed by atoms with Crippen molar-refractivity contribution in [3.63, 3.8) is 0 Å². The maximum atomic E-state index is 15.9. The molecule has 0 saturated heterocycles. The van der Waals surface area contributed by atoms with Gasteiger partial charge < -0.3 is 18.4 Å². The fourth-order valence-corrected chi connectivity index (χ4v) is 11.7. The monoisotopic (exact) mass is 698 g/mol. The molecule has 8 aromatic carbocycles. The summed E-state index contributed by atoms with van der Waals surface area (Å²) < 4.78 is 24.6. The van der Waals surface area contributed by atoms with Crippen LogP contribution in [0.1, 0.15) is 0 Å². The Morgan fingerprint density at radius 3 is 1.92 bits per heavy atom. The normalized spacial score (nSPS) is 14.9. The molecule has 3 heterocycles. The number of nitrogens with zero attached hydrogens (tertiary/aromatic N) is 2. The van der Waals surface area contributed by atoms with E-state index in [-0.39, 0.29) is 0 Å². The molecular formula is C48H31N2O2P. The molecule has 2 aromatic heterocycles. The van der Waals surface area contributed by atoms with Crippen LogP contribution in [0.5, 0.6) is 0 Å². The summed E-state index contributed by atoms with van der Waals surface area (Å²) in [4.78, 5) is 2.26. The topological polar surface area (TPSA) is 38.4 Å². The van der Waals surface area contributed by atoms with Crippen molar-refractivity contribution in [2.24, 2.45) is 0 Å². The van der Waals surface area contributed by atoms with E-state index in [2.05, 4.69) is 131 Å². The van der Waals surface area contributed by atoms with E-state index in [0.717, 1.165) is 93.5 Å². The number of hydrogen-bond donors (Lipinski definition) is 0. The molecule has 1 atom stereocenters. The molecule has 0 fully saturated rings. The van der Waals surface area contributed by atoms with Crippen LogP contribution in [0.3, 0.4) is 0 Å². The average Bonchev–Trinajstić information content (AvgIpc) is 3.85. The maximum Gasteiger partial charge on any atom is 0.174 e. The first-order valence-electron chi connectivity index (χ1n) is 17.9. The third-order valence-electron chi connectivity index (χ3n) is 10.8. The molecule has 53 heavy (non-hydrogen) atoms. The Labute approximate surface area is 306 Å². The smallest absolute Gasteiger partial charge is 0.174 e. The summed E-state index contributed by atoms with van der Waals surface area (Å²) in [7, 11) is -3.23. The third-order valence-corrected chi connectivity index (χ3v) is 14.0. The molecule has 0 radical (unpaired) electrons. The van der Waals surface area contributed by atoms with E-state index in [1.165, 1.54) is 0 Å². The van der Waals surface area contributed by atoms with Crippen molar-refractivity contribution in [3.05, 3.63) is 188 Å². The minimum Gasteiger partial charge on any atom is -0.456 e. The Bertz CT molecular complexity index is 3090. The highest BCUT2D eigenvalue weighted by Gasteiger charge is 2.42. The number of rotatable bonds is 5. The summed E-state index contributed by atoms with van der Waals surface area (Å²) in [5, 5.41) is 7.11. The van der Waals surface area contributed by atoms with Crippen LogP contribution in [0.25, 0.3) is 60.6 Å². The fraction of sp³-hybridized carbons (Fsp3) is 0. The summed E-state index contributed by atoms with van der Waals surface area (Å²) in [6.07, 6.45) is 0. The van der Waals surface area contributed by atoms with E-state index in [1.54, 1.807) is 0 Å². The Morgan fingerprint density at radius 1 is 0.472 bits per heavy atom. The van der Waals surface area contributed by atoms with E-state index in [9.17, 15) is 0 Å². The molecule has 11 rings (SSSR count). The second-order valence-corrected chi connectivity index (χ2v) is 16.3. The maximum absolute atomic E-state index is 15.9. The number of fused-ring (bicyclic) bond motifs is 10. The molecule has 1 aliphatic rings. The molecule has 0 amide bonds. The molecule has 5 heteroatoms. The van der Waals surface area contributed by atoms with Gasteiger partial charge in [-0.1, -0.05) is 121 Å². The van der Waals surface area contributed by atoms with E-state index >= 15 is 4.57 Å². The largest absolute Gasteiger partial charge is 0.456 e. The number of aromatic nitrogens is 1. The standard InChI is InChI=1S/C48H31N2O2P/c51-53(36-15-5-2-6-16-36)46-22-12-9-19-40(46)42-30-29-41-37-17-7-10-20-43(37)50(47(41)48(42)53)34-25-23-33(24-26-34)49(32-13-3-1-4-14-32)35-27-28-39-38-18-8-11-21-44(38)52-45(39)31-35/h1-31H. The second-order valence-electron chi connectivity index (χ2n) is 13.6. The minimum absolute atomic E-state index is 0.851. The Kier molecular flexibility index (Phi) is 6.49. The zero-order valence-corrected chi connectivity index (χ0v) is 29.5. The van der Waals surface area contributed by atoms with Gasteiger partial charge in [0.2, 0.25) is 0 Å². The lowest BCUT2D eigenvalue weighted by atomic mass is 10.0. The summed E-state index contributed by atoms with van der Waals surface area (Å²) in [5.74, 6) is 0. The first-order chi connectivity index (χ1) is 26.2. The predicted octanol–water partition coefficient (Wildman–Crippen LogP) is 11.8. The molecule has 4 nitrogen and oxygen atoms in total. The molecule has 0 bridgehead atoms. The van der Waals surface area contributed by atoms with E-state index in [1.807, 2.05) is 66.7 Å². The van der Waals surface area contributed by atoms with Gasteiger partial charge >= 0.3 is 0 Å². The Hall–Kier alpha value is -6.61. The van der Waals surface area contributed by atoms with Gasteiger partial charge in [-0.25, -0.2) is 0 Å². The van der Waals surface area contributed by atoms with Gasteiger partial charge in [0, 0.05) is 61.0 Å². The van der Waals surface area contributed by atoms with E-state index in [0.29, 0.717) is 0 Å². The van der Waals surface area contributed by atoms with Gasteiger partial charge in [0.1, 0.15) is 11.2 Å².